The predicted octanol–water partition coefficient (Wildman–Crippen LogP) is 5.22. The highest BCUT2D eigenvalue weighted by Crippen LogP contribution is 2.45. The van der Waals surface area contributed by atoms with E-state index in [1.165, 1.54) is 5.56 Å². The van der Waals surface area contributed by atoms with E-state index < -0.39 is 0 Å². The first-order valence-corrected chi connectivity index (χ1v) is 10.4. The Kier molecular flexibility index (Phi) is 4.17. The number of rotatable bonds is 2. The number of aromatic nitrogens is 3. The molecule has 0 fully saturated rings. The lowest BCUT2D eigenvalue weighted by Crippen LogP contribution is -2.36. The number of nitrogens with one attached hydrogen (secondary N) is 1. The zero-order valence-electron chi connectivity index (χ0n) is 17.9. The summed E-state index contributed by atoms with van der Waals surface area (Å²) in [5.74, 6) is 1.56. The predicted molar refractivity (Wildman–Crippen MR) is 118 cm³/mol. The third-order valence-electron chi connectivity index (χ3n) is 6.00. The topological polar surface area (TPSA) is 59.8 Å². The van der Waals surface area contributed by atoms with Crippen molar-refractivity contribution in [1.29, 1.82) is 0 Å². The molecule has 0 saturated heterocycles. The Morgan fingerprint density at radius 2 is 1.80 bits per heavy atom. The van der Waals surface area contributed by atoms with Crippen LogP contribution in [-0.2, 0) is 4.79 Å². The molecule has 1 aromatic heterocycles. The average Bonchev–Trinajstić information content (AvgIpc) is 3.10. The van der Waals surface area contributed by atoms with Crippen molar-refractivity contribution in [2.45, 2.75) is 46.6 Å². The maximum Gasteiger partial charge on any atom is 0.226 e. The molecule has 2 aliphatic rings. The van der Waals surface area contributed by atoms with Crippen LogP contribution in [0, 0.1) is 19.3 Å². The van der Waals surface area contributed by atoms with Crippen LogP contribution in [0.15, 0.2) is 59.8 Å². The van der Waals surface area contributed by atoms with E-state index in [4.69, 9.17) is 10.1 Å². The van der Waals surface area contributed by atoms with Crippen LogP contribution in [0.25, 0.3) is 11.4 Å². The minimum Gasteiger partial charge on any atom is -0.328 e. The summed E-state index contributed by atoms with van der Waals surface area (Å²) in [6.07, 6.45) is 1.37. The van der Waals surface area contributed by atoms with Crippen LogP contribution in [-0.4, -0.2) is 20.5 Å². The lowest BCUT2D eigenvalue weighted by molar-refractivity contribution is -0.118. The van der Waals surface area contributed by atoms with Gasteiger partial charge in [-0.1, -0.05) is 67.4 Å². The van der Waals surface area contributed by atoms with E-state index in [-0.39, 0.29) is 17.2 Å². The Morgan fingerprint density at radius 1 is 1.03 bits per heavy atom. The van der Waals surface area contributed by atoms with Crippen molar-refractivity contribution in [3.8, 4) is 11.4 Å². The third kappa shape index (κ3) is 3.15. The molecule has 3 aromatic rings. The molecule has 1 aliphatic heterocycles. The number of aryl methyl sites for hydroxylation is 2. The van der Waals surface area contributed by atoms with Gasteiger partial charge in [-0.25, -0.2) is 4.68 Å². The molecule has 1 atom stereocenters. The number of allylic oxidation sites excluding steroid dienone is 2. The van der Waals surface area contributed by atoms with E-state index in [0.29, 0.717) is 18.2 Å². The number of hydrogen-bond donors (Lipinski definition) is 1. The minimum atomic E-state index is -0.258. The summed E-state index contributed by atoms with van der Waals surface area (Å²) in [4.78, 5) is 18.1. The second kappa shape index (κ2) is 6.66. The van der Waals surface area contributed by atoms with Crippen molar-refractivity contribution in [3.63, 3.8) is 0 Å². The number of carbonyl (C=O) groups excluding carboxylic acids is 1. The van der Waals surface area contributed by atoms with E-state index in [1.807, 2.05) is 16.8 Å². The van der Waals surface area contributed by atoms with Gasteiger partial charge in [0.05, 0.1) is 0 Å². The molecule has 5 nitrogen and oxygen atoms in total. The number of anilines is 1. The van der Waals surface area contributed by atoms with Crippen molar-refractivity contribution in [1.82, 2.24) is 14.8 Å². The van der Waals surface area contributed by atoms with Crippen LogP contribution >= 0.6 is 0 Å². The lowest BCUT2D eigenvalue weighted by atomic mass is 9.73. The van der Waals surface area contributed by atoms with Gasteiger partial charge in [0.1, 0.15) is 6.04 Å². The molecule has 30 heavy (non-hydrogen) atoms. The highest BCUT2D eigenvalue weighted by molar-refractivity contribution is 6.00. The highest BCUT2D eigenvalue weighted by Gasteiger charge is 2.41. The molecule has 5 heteroatoms. The molecule has 5 rings (SSSR count). The van der Waals surface area contributed by atoms with E-state index in [9.17, 15) is 4.79 Å². The van der Waals surface area contributed by atoms with Gasteiger partial charge in [0.2, 0.25) is 5.95 Å². The molecular weight excluding hydrogens is 372 g/mol. The third-order valence-corrected chi connectivity index (χ3v) is 6.00. The SMILES string of the molecule is Cc1ccc(C2C3=C(CC(C)(C)CC3=O)Nc3nc(-c4cccc(C)c4)nn32)cc1. The van der Waals surface area contributed by atoms with Gasteiger partial charge in [0.15, 0.2) is 11.6 Å². The Balaban J connectivity index is 1.68. The first-order valence-electron chi connectivity index (χ1n) is 10.4. The summed E-state index contributed by atoms with van der Waals surface area (Å²) in [5, 5.41) is 8.31. The van der Waals surface area contributed by atoms with Gasteiger partial charge in [-0.15, -0.1) is 5.10 Å². The number of ketones is 1. The Hall–Kier alpha value is -3.21. The van der Waals surface area contributed by atoms with E-state index in [1.54, 1.807) is 0 Å². The van der Waals surface area contributed by atoms with Crippen molar-refractivity contribution in [2.75, 3.05) is 5.32 Å². The van der Waals surface area contributed by atoms with Gasteiger partial charge in [-0.3, -0.25) is 4.79 Å². The smallest absolute Gasteiger partial charge is 0.226 e. The monoisotopic (exact) mass is 398 g/mol. The van der Waals surface area contributed by atoms with E-state index >= 15 is 0 Å². The van der Waals surface area contributed by atoms with E-state index in [0.717, 1.165) is 34.4 Å². The molecule has 2 aromatic carbocycles. The van der Waals surface area contributed by atoms with Crippen LogP contribution in [0.2, 0.25) is 0 Å². The van der Waals surface area contributed by atoms with Crippen molar-refractivity contribution in [3.05, 3.63) is 76.5 Å². The Labute approximate surface area is 176 Å². The van der Waals surface area contributed by atoms with Gasteiger partial charge < -0.3 is 5.32 Å². The fourth-order valence-corrected chi connectivity index (χ4v) is 4.57. The molecule has 2 heterocycles. The fourth-order valence-electron chi connectivity index (χ4n) is 4.57. The zero-order valence-corrected chi connectivity index (χ0v) is 17.9. The molecule has 1 unspecified atom stereocenters. The summed E-state index contributed by atoms with van der Waals surface area (Å²) in [5.41, 5.74) is 6.14. The van der Waals surface area contributed by atoms with Crippen LogP contribution in [0.5, 0.6) is 0 Å². The van der Waals surface area contributed by atoms with Gasteiger partial charge >= 0.3 is 0 Å². The zero-order chi connectivity index (χ0) is 21.0. The van der Waals surface area contributed by atoms with Crippen LogP contribution in [0.3, 0.4) is 0 Å². The number of benzene rings is 2. The fraction of sp³-hybridized carbons (Fsp3) is 0.320. The minimum absolute atomic E-state index is 0.0672. The molecule has 0 radical (unpaired) electrons. The van der Waals surface area contributed by atoms with Crippen molar-refractivity contribution >= 4 is 11.7 Å². The first kappa shape index (κ1) is 18.8. The summed E-state index contributed by atoms with van der Waals surface area (Å²) in [7, 11) is 0. The Morgan fingerprint density at radius 3 is 2.53 bits per heavy atom. The quantitative estimate of drug-likeness (QED) is 0.643. The lowest BCUT2D eigenvalue weighted by Gasteiger charge is -2.38. The van der Waals surface area contributed by atoms with Gasteiger partial charge in [0.25, 0.3) is 0 Å². The molecule has 0 bridgehead atoms. The van der Waals surface area contributed by atoms with Crippen LogP contribution in [0.1, 0.15) is 49.4 Å². The first-order chi connectivity index (χ1) is 14.3. The number of carbonyl (C=O) groups is 1. The molecular formula is C25H26N4O. The normalized spacial score (nSPS) is 19.9. The molecule has 0 saturated carbocycles. The number of Topliss-reactive ketones (excluding diaryl/α,β-unsaturated/α-hetero) is 1. The molecule has 152 valence electrons. The number of hydrogen-bond acceptors (Lipinski definition) is 4. The summed E-state index contributed by atoms with van der Waals surface area (Å²) in [6, 6.07) is 16.3. The van der Waals surface area contributed by atoms with Gasteiger partial charge in [-0.05, 0) is 37.3 Å². The molecule has 0 amide bonds. The molecule has 1 N–H and O–H groups in total. The highest BCUT2D eigenvalue weighted by atomic mass is 16.1. The number of nitrogens with zero attached hydrogens (tertiary/aromatic N) is 3. The second-order valence-corrected chi connectivity index (χ2v) is 9.34. The van der Waals surface area contributed by atoms with Crippen molar-refractivity contribution in [2.24, 2.45) is 5.41 Å². The second-order valence-electron chi connectivity index (χ2n) is 9.34. The summed E-state index contributed by atoms with van der Waals surface area (Å²) < 4.78 is 1.89. The summed E-state index contributed by atoms with van der Waals surface area (Å²) >= 11 is 0. The van der Waals surface area contributed by atoms with Gasteiger partial charge in [-0.2, -0.15) is 4.98 Å². The van der Waals surface area contributed by atoms with Gasteiger partial charge in [0, 0.05) is 23.3 Å². The standard InChI is InChI=1S/C25H26N4O/c1-15-8-10-17(11-9-15)22-21-19(13-25(3,4)14-20(21)30)26-24-27-23(28-29(22)24)18-7-5-6-16(2)12-18/h5-12,22H,13-14H2,1-4H3,(H,26,27,28). The molecule has 0 spiro atoms. The van der Waals surface area contributed by atoms with Crippen LogP contribution in [0.4, 0.5) is 5.95 Å². The van der Waals surface area contributed by atoms with Crippen molar-refractivity contribution < 1.29 is 4.79 Å². The number of fused-ring (bicyclic) bond motifs is 1. The van der Waals surface area contributed by atoms with E-state index in [2.05, 4.69) is 69.4 Å². The average molecular weight is 399 g/mol. The molecule has 1 aliphatic carbocycles. The van der Waals surface area contributed by atoms with Crippen LogP contribution < -0.4 is 5.32 Å². The Bertz CT molecular complexity index is 1180. The largest absolute Gasteiger partial charge is 0.328 e. The maximum atomic E-state index is 13.3. The maximum absolute atomic E-state index is 13.3. The summed E-state index contributed by atoms with van der Waals surface area (Å²) in [6.45, 7) is 8.43.